The fourth-order valence-electron chi connectivity index (χ4n) is 2.09. The Hall–Kier alpha value is -2.50. The molecule has 1 aliphatic carbocycles. The number of nitrogens with one attached hydrogen (secondary N) is 1. The van der Waals surface area contributed by atoms with E-state index in [9.17, 15) is 4.79 Å². The van der Waals surface area contributed by atoms with Gasteiger partial charge in [-0.05, 0) is 31.0 Å². The van der Waals surface area contributed by atoms with Crippen LogP contribution in [0.15, 0.2) is 41.1 Å². The molecular weight excluding hydrogens is 270 g/mol. The quantitative estimate of drug-likeness (QED) is 0.918. The summed E-state index contributed by atoms with van der Waals surface area (Å²) in [5.74, 6) is 1.30. The summed E-state index contributed by atoms with van der Waals surface area (Å²) in [7, 11) is 1.55. The summed E-state index contributed by atoms with van der Waals surface area (Å²) in [6.07, 6.45) is 5.27. The van der Waals surface area contributed by atoms with E-state index in [2.05, 4.69) is 10.3 Å². The second-order valence-corrected chi connectivity index (χ2v) is 4.96. The molecule has 1 saturated carbocycles. The van der Waals surface area contributed by atoms with E-state index in [0.29, 0.717) is 24.2 Å². The third-order valence-corrected chi connectivity index (χ3v) is 3.35. The molecule has 110 valence electrons. The van der Waals surface area contributed by atoms with Crippen LogP contribution in [0.1, 0.15) is 18.6 Å². The number of furan rings is 1. The second kappa shape index (κ2) is 5.87. The molecule has 1 fully saturated rings. The molecule has 0 spiro atoms. The van der Waals surface area contributed by atoms with Gasteiger partial charge in [-0.2, -0.15) is 0 Å². The molecule has 3 rings (SSSR count). The maximum Gasteiger partial charge on any atom is 0.322 e. The zero-order chi connectivity index (χ0) is 14.7. The van der Waals surface area contributed by atoms with Crippen molar-refractivity contribution in [2.24, 2.45) is 0 Å². The van der Waals surface area contributed by atoms with E-state index in [1.807, 2.05) is 12.1 Å². The number of rotatable bonds is 5. The van der Waals surface area contributed by atoms with Crippen molar-refractivity contribution in [2.45, 2.75) is 25.4 Å². The maximum absolute atomic E-state index is 12.4. The minimum Gasteiger partial charge on any atom is -0.481 e. The Kier molecular flexibility index (Phi) is 3.77. The number of hydrogen-bond donors (Lipinski definition) is 1. The first-order valence-electron chi connectivity index (χ1n) is 6.86. The zero-order valence-electron chi connectivity index (χ0n) is 11.8. The molecule has 2 aromatic rings. The highest BCUT2D eigenvalue weighted by Crippen LogP contribution is 2.29. The van der Waals surface area contributed by atoms with Gasteiger partial charge in [0.05, 0.1) is 31.8 Å². The van der Waals surface area contributed by atoms with Gasteiger partial charge in [0.1, 0.15) is 5.76 Å². The van der Waals surface area contributed by atoms with Crippen LogP contribution in [0, 0.1) is 0 Å². The van der Waals surface area contributed by atoms with Gasteiger partial charge in [-0.15, -0.1) is 0 Å². The van der Waals surface area contributed by atoms with Crippen molar-refractivity contribution in [3.05, 3.63) is 42.5 Å². The van der Waals surface area contributed by atoms with Crippen LogP contribution in [0.2, 0.25) is 0 Å². The molecule has 0 bridgehead atoms. The van der Waals surface area contributed by atoms with Crippen molar-refractivity contribution in [3.8, 4) is 5.88 Å². The number of nitrogens with zero attached hydrogens (tertiary/aromatic N) is 2. The van der Waals surface area contributed by atoms with E-state index < -0.39 is 0 Å². The Bertz CT molecular complexity index is 591. The smallest absolute Gasteiger partial charge is 0.322 e. The standard InChI is InChI=1S/C15H17N3O3/c1-20-14-7-4-11(9-16-14)17-15(19)18(12-5-6-12)10-13-3-2-8-21-13/h2-4,7-9,12H,5-6,10H2,1H3,(H,17,19). The Morgan fingerprint density at radius 2 is 2.33 bits per heavy atom. The fraction of sp³-hybridized carbons (Fsp3) is 0.333. The van der Waals surface area contributed by atoms with E-state index in [4.69, 9.17) is 9.15 Å². The molecule has 1 aliphatic rings. The largest absolute Gasteiger partial charge is 0.481 e. The molecule has 0 saturated heterocycles. The number of amides is 2. The van der Waals surface area contributed by atoms with Crippen molar-refractivity contribution in [3.63, 3.8) is 0 Å². The third-order valence-electron chi connectivity index (χ3n) is 3.35. The highest BCUT2D eigenvalue weighted by Gasteiger charge is 2.33. The lowest BCUT2D eigenvalue weighted by Crippen LogP contribution is -2.36. The monoisotopic (exact) mass is 287 g/mol. The van der Waals surface area contributed by atoms with E-state index >= 15 is 0 Å². The summed E-state index contributed by atoms with van der Waals surface area (Å²) < 4.78 is 10.3. The summed E-state index contributed by atoms with van der Waals surface area (Å²) in [5, 5.41) is 2.85. The van der Waals surface area contributed by atoms with Crippen LogP contribution in [0.4, 0.5) is 10.5 Å². The topological polar surface area (TPSA) is 67.6 Å². The molecule has 2 heterocycles. The highest BCUT2D eigenvalue weighted by atomic mass is 16.5. The number of aromatic nitrogens is 1. The molecule has 6 heteroatoms. The lowest BCUT2D eigenvalue weighted by molar-refractivity contribution is 0.201. The molecule has 0 aliphatic heterocycles. The zero-order valence-corrected chi connectivity index (χ0v) is 11.8. The molecule has 0 unspecified atom stereocenters. The number of urea groups is 1. The maximum atomic E-state index is 12.4. The van der Waals surface area contributed by atoms with Crippen molar-refractivity contribution in [2.75, 3.05) is 12.4 Å². The summed E-state index contributed by atoms with van der Waals surface area (Å²) in [5.41, 5.74) is 0.644. The summed E-state index contributed by atoms with van der Waals surface area (Å²) in [6.45, 7) is 0.479. The number of methoxy groups -OCH3 is 1. The van der Waals surface area contributed by atoms with Crippen molar-refractivity contribution in [1.29, 1.82) is 0 Å². The Morgan fingerprint density at radius 1 is 1.48 bits per heavy atom. The molecule has 1 N–H and O–H groups in total. The van der Waals surface area contributed by atoms with Crippen molar-refractivity contribution >= 4 is 11.7 Å². The number of pyridine rings is 1. The van der Waals surface area contributed by atoms with Gasteiger partial charge in [0, 0.05) is 12.1 Å². The van der Waals surface area contributed by atoms with Gasteiger partial charge in [0.25, 0.3) is 0 Å². The van der Waals surface area contributed by atoms with Crippen molar-refractivity contribution < 1.29 is 13.9 Å². The molecular formula is C15H17N3O3. The number of ether oxygens (including phenoxy) is 1. The van der Waals surface area contributed by atoms with Crippen LogP contribution in [0.25, 0.3) is 0 Å². The number of carbonyl (C=O) groups is 1. The number of carbonyl (C=O) groups excluding carboxylic acids is 1. The summed E-state index contributed by atoms with van der Waals surface area (Å²) in [6, 6.07) is 7.33. The second-order valence-electron chi connectivity index (χ2n) is 4.96. The number of hydrogen-bond acceptors (Lipinski definition) is 4. The predicted octanol–water partition coefficient (Wildman–Crippen LogP) is 2.88. The van der Waals surface area contributed by atoms with E-state index in [0.717, 1.165) is 18.6 Å². The van der Waals surface area contributed by atoms with Crippen LogP contribution in [-0.2, 0) is 6.54 Å². The molecule has 6 nitrogen and oxygen atoms in total. The molecule has 2 aromatic heterocycles. The first-order chi connectivity index (χ1) is 10.3. The van der Waals surface area contributed by atoms with Gasteiger partial charge in [-0.1, -0.05) is 0 Å². The molecule has 21 heavy (non-hydrogen) atoms. The van der Waals surface area contributed by atoms with E-state index in [-0.39, 0.29) is 6.03 Å². The molecule has 2 amide bonds. The molecule has 0 atom stereocenters. The van der Waals surface area contributed by atoms with Gasteiger partial charge in [0.2, 0.25) is 5.88 Å². The van der Waals surface area contributed by atoms with Gasteiger partial charge in [0.15, 0.2) is 0 Å². The first kappa shape index (κ1) is 13.5. The lowest BCUT2D eigenvalue weighted by Gasteiger charge is -2.21. The average Bonchev–Trinajstić information content (AvgIpc) is 3.21. The average molecular weight is 287 g/mol. The van der Waals surface area contributed by atoms with Crippen LogP contribution in [-0.4, -0.2) is 29.1 Å². The lowest BCUT2D eigenvalue weighted by atomic mass is 10.4. The predicted molar refractivity (Wildman–Crippen MR) is 77.1 cm³/mol. The van der Waals surface area contributed by atoms with Crippen LogP contribution < -0.4 is 10.1 Å². The van der Waals surface area contributed by atoms with Gasteiger partial charge in [-0.3, -0.25) is 0 Å². The third kappa shape index (κ3) is 3.34. The summed E-state index contributed by atoms with van der Waals surface area (Å²) in [4.78, 5) is 18.3. The van der Waals surface area contributed by atoms with Gasteiger partial charge < -0.3 is 19.4 Å². The van der Waals surface area contributed by atoms with Gasteiger partial charge >= 0.3 is 6.03 Å². The van der Waals surface area contributed by atoms with Crippen molar-refractivity contribution in [1.82, 2.24) is 9.88 Å². The van der Waals surface area contributed by atoms with Crippen LogP contribution in [0.3, 0.4) is 0 Å². The van der Waals surface area contributed by atoms with Crippen LogP contribution >= 0.6 is 0 Å². The SMILES string of the molecule is COc1ccc(NC(=O)N(Cc2ccco2)C2CC2)cn1. The number of anilines is 1. The van der Waals surface area contributed by atoms with E-state index in [1.165, 1.54) is 0 Å². The normalized spacial score (nSPS) is 13.8. The molecule has 0 radical (unpaired) electrons. The van der Waals surface area contributed by atoms with E-state index in [1.54, 1.807) is 36.6 Å². The fourth-order valence-corrected chi connectivity index (χ4v) is 2.09. The Morgan fingerprint density at radius 3 is 2.90 bits per heavy atom. The highest BCUT2D eigenvalue weighted by molar-refractivity contribution is 5.89. The molecule has 0 aromatic carbocycles. The minimum atomic E-state index is -0.138. The Balaban J connectivity index is 1.66. The summed E-state index contributed by atoms with van der Waals surface area (Å²) >= 11 is 0. The minimum absolute atomic E-state index is 0.138. The first-order valence-corrected chi connectivity index (χ1v) is 6.86. The van der Waals surface area contributed by atoms with Gasteiger partial charge in [-0.25, -0.2) is 9.78 Å². The van der Waals surface area contributed by atoms with Crippen LogP contribution in [0.5, 0.6) is 5.88 Å². The Labute approximate surface area is 122 Å².